The van der Waals surface area contributed by atoms with Crippen molar-refractivity contribution in [3.8, 4) is 11.5 Å². The van der Waals surface area contributed by atoms with Crippen LogP contribution in [-0.2, 0) is 0 Å². The quantitative estimate of drug-likeness (QED) is 0.271. The summed E-state index contributed by atoms with van der Waals surface area (Å²) in [5, 5.41) is 4.50. The molecule has 0 saturated carbocycles. The molecule has 0 atom stereocenters. The van der Waals surface area contributed by atoms with E-state index in [4.69, 9.17) is 21.1 Å². The molecule has 0 aliphatic rings. The Bertz CT molecular complexity index is 1070. The minimum absolute atomic E-state index is 0.324. The van der Waals surface area contributed by atoms with Gasteiger partial charge in [-0.2, -0.15) is 5.10 Å². The number of hydrogen-bond acceptors (Lipinski definition) is 4. The van der Waals surface area contributed by atoms with Gasteiger partial charge in [-0.15, -0.1) is 0 Å². The zero-order chi connectivity index (χ0) is 22.1. The first kappa shape index (κ1) is 22.4. The predicted molar refractivity (Wildman–Crippen MR) is 124 cm³/mol. The van der Waals surface area contributed by atoms with Gasteiger partial charge in [-0.05, 0) is 61.4 Å². The lowest BCUT2D eigenvalue weighted by molar-refractivity contribution is 0.0955. The second-order valence-electron chi connectivity index (χ2n) is 7.10. The third-order valence-corrected chi connectivity index (χ3v) is 4.71. The maximum atomic E-state index is 12.1. The second-order valence-corrected chi connectivity index (χ2v) is 7.54. The molecule has 160 valence electrons. The third-order valence-electron chi connectivity index (χ3n) is 4.47. The largest absolute Gasteiger partial charge is 0.493 e. The van der Waals surface area contributed by atoms with Crippen LogP contribution in [0.2, 0.25) is 5.02 Å². The van der Waals surface area contributed by atoms with E-state index in [2.05, 4.69) is 23.5 Å². The molecule has 0 aromatic heterocycles. The van der Waals surface area contributed by atoms with E-state index < -0.39 is 0 Å². The lowest BCUT2D eigenvalue weighted by atomic mass is 10.1. The number of aryl methyl sites for hydroxylation is 2. The summed E-state index contributed by atoms with van der Waals surface area (Å²) < 4.78 is 11.6. The van der Waals surface area contributed by atoms with E-state index >= 15 is 0 Å². The molecular weight excluding hydrogens is 412 g/mol. The summed E-state index contributed by atoms with van der Waals surface area (Å²) >= 11 is 5.90. The van der Waals surface area contributed by atoms with Crippen molar-refractivity contribution in [1.29, 1.82) is 0 Å². The van der Waals surface area contributed by atoms with Gasteiger partial charge in [0, 0.05) is 17.0 Å². The summed E-state index contributed by atoms with van der Waals surface area (Å²) in [4.78, 5) is 12.1. The molecule has 3 aromatic rings. The summed E-state index contributed by atoms with van der Waals surface area (Å²) in [6.45, 7) is 5.23. The molecule has 0 heterocycles. The summed E-state index contributed by atoms with van der Waals surface area (Å²) in [6.07, 6.45) is 2.33. The topological polar surface area (TPSA) is 59.9 Å². The van der Waals surface area contributed by atoms with E-state index in [-0.39, 0.29) is 5.91 Å². The number of carbonyl (C=O) groups excluding carboxylic acids is 1. The maximum absolute atomic E-state index is 12.1. The zero-order valence-corrected chi connectivity index (χ0v) is 18.4. The fourth-order valence-corrected chi connectivity index (χ4v) is 3.13. The lowest BCUT2D eigenvalue weighted by Crippen LogP contribution is -2.17. The summed E-state index contributed by atoms with van der Waals surface area (Å²) in [5.74, 6) is 1.32. The number of nitrogens with zero attached hydrogens (tertiary/aromatic N) is 1. The number of halogens is 1. The number of nitrogens with one attached hydrogen (secondary N) is 1. The van der Waals surface area contributed by atoms with E-state index in [0.717, 1.165) is 29.0 Å². The van der Waals surface area contributed by atoms with Crippen molar-refractivity contribution < 1.29 is 14.3 Å². The molecule has 3 rings (SSSR count). The minimum Gasteiger partial charge on any atom is -0.493 e. The van der Waals surface area contributed by atoms with Crippen LogP contribution in [0.1, 0.15) is 33.5 Å². The number of hydrazone groups is 1. The highest BCUT2D eigenvalue weighted by Gasteiger charge is 2.04. The Morgan fingerprint density at radius 3 is 2.61 bits per heavy atom. The van der Waals surface area contributed by atoms with Gasteiger partial charge in [-0.1, -0.05) is 47.5 Å². The molecule has 0 fully saturated rings. The molecule has 5 nitrogen and oxygen atoms in total. The van der Waals surface area contributed by atoms with Crippen LogP contribution < -0.4 is 14.9 Å². The summed E-state index contributed by atoms with van der Waals surface area (Å²) in [7, 11) is 0. The number of benzene rings is 3. The highest BCUT2D eigenvalue weighted by molar-refractivity contribution is 6.30. The van der Waals surface area contributed by atoms with E-state index in [1.54, 1.807) is 30.5 Å². The van der Waals surface area contributed by atoms with Crippen LogP contribution in [0.15, 0.2) is 71.8 Å². The predicted octanol–water partition coefficient (Wildman–Crippen LogP) is 5.57. The van der Waals surface area contributed by atoms with Crippen molar-refractivity contribution in [2.75, 3.05) is 13.2 Å². The van der Waals surface area contributed by atoms with Gasteiger partial charge >= 0.3 is 0 Å². The monoisotopic (exact) mass is 436 g/mol. The molecule has 1 N–H and O–H groups in total. The van der Waals surface area contributed by atoms with Crippen LogP contribution in [0.4, 0.5) is 0 Å². The first-order chi connectivity index (χ1) is 15.0. The van der Waals surface area contributed by atoms with Crippen molar-refractivity contribution >= 4 is 23.7 Å². The Hall–Kier alpha value is -3.31. The van der Waals surface area contributed by atoms with Crippen LogP contribution >= 0.6 is 11.6 Å². The second kappa shape index (κ2) is 11.2. The molecule has 0 bridgehead atoms. The lowest BCUT2D eigenvalue weighted by Gasteiger charge is -2.10. The van der Waals surface area contributed by atoms with Gasteiger partial charge < -0.3 is 9.47 Å². The number of rotatable bonds is 9. The molecular formula is C25H25ClN2O3. The molecule has 0 aliphatic heterocycles. The highest BCUT2D eigenvalue weighted by atomic mass is 35.5. The maximum Gasteiger partial charge on any atom is 0.271 e. The van der Waals surface area contributed by atoms with Gasteiger partial charge in [0.15, 0.2) is 0 Å². The SMILES string of the molecule is Cc1ccc(OCCCOc2cccc(C=NNC(=O)c3cccc(Cl)c3)c2)c(C)c1. The van der Waals surface area contributed by atoms with E-state index in [1.807, 2.05) is 43.3 Å². The minimum atomic E-state index is -0.324. The van der Waals surface area contributed by atoms with Crippen LogP contribution in [0.25, 0.3) is 0 Å². The molecule has 1 amide bonds. The molecule has 0 spiro atoms. The van der Waals surface area contributed by atoms with Gasteiger partial charge in [0.2, 0.25) is 0 Å². The van der Waals surface area contributed by atoms with Gasteiger partial charge in [-0.3, -0.25) is 4.79 Å². The molecule has 0 saturated heterocycles. The number of ether oxygens (including phenoxy) is 2. The fraction of sp³-hybridized carbons (Fsp3) is 0.200. The normalized spacial score (nSPS) is 10.8. The first-order valence-corrected chi connectivity index (χ1v) is 10.4. The van der Waals surface area contributed by atoms with E-state index in [0.29, 0.717) is 23.8 Å². The number of hydrogen-bond donors (Lipinski definition) is 1. The summed E-state index contributed by atoms with van der Waals surface area (Å²) in [6, 6.07) is 20.3. The Labute approximate surface area is 187 Å². The van der Waals surface area contributed by atoms with Crippen LogP contribution in [-0.4, -0.2) is 25.3 Å². The van der Waals surface area contributed by atoms with Crippen LogP contribution in [0.3, 0.4) is 0 Å². The van der Waals surface area contributed by atoms with Gasteiger partial charge in [0.1, 0.15) is 11.5 Å². The average molecular weight is 437 g/mol. The Morgan fingerprint density at radius 2 is 1.81 bits per heavy atom. The zero-order valence-electron chi connectivity index (χ0n) is 17.6. The Morgan fingerprint density at radius 1 is 1.00 bits per heavy atom. The highest BCUT2D eigenvalue weighted by Crippen LogP contribution is 2.19. The Balaban J connectivity index is 1.43. The molecule has 3 aromatic carbocycles. The standard InChI is InChI=1S/C25H25ClN2O3/c1-18-10-11-24(19(2)14-18)31-13-5-12-30-23-9-3-6-20(15-23)17-27-28-25(29)21-7-4-8-22(26)16-21/h3-4,6-11,14-17H,5,12-13H2,1-2H3,(H,28,29). The average Bonchev–Trinajstić information content (AvgIpc) is 2.75. The van der Waals surface area contributed by atoms with Gasteiger partial charge in [0.25, 0.3) is 5.91 Å². The molecule has 6 heteroatoms. The number of carbonyl (C=O) groups is 1. The van der Waals surface area contributed by atoms with Crippen molar-refractivity contribution in [3.05, 3.63) is 94.0 Å². The van der Waals surface area contributed by atoms with Crippen LogP contribution in [0, 0.1) is 13.8 Å². The fourth-order valence-electron chi connectivity index (χ4n) is 2.94. The Kier molecular flexibility index (Phi) is 8.07. The van der Waals surface area contributed by atoms with Crippen molar-refractivity contribution in [3.63, 3.8) is 0 Å². The summed E-state index contributed by atoms with van der Waals surface area (Å²) in [5.41, 5.74) is 6.11. The van der Waals surface area contributed by atoms with Crippen molar-refractivity contribution in [2.45, 2.75) is 20.3 Å². The molecule has 0 unspecified atom stereocenters. The van der Waals surface area contributed by atoms with Crippen LogP contribution in [0.5, 0.6) is 11.5 Å². The van der Waals surface area contributed by atoms with E-state index in [9.17, 15) is 4.79 Å². The smallest absolute Gasteiger partial charge is 0.271 e. The van der Waals surface area contributed by atoms with Gasteiger partial charge in [-0.25, -0.2) is 5.43 Å². The van der Waals surface area contributed by atoms with E-state index in [1.165, 1.54) is 5.56 Å². The first-order valence-electron chi connectivity index (χ1n) is 10.0. The third kappa shape index (κ3) is 7.15. The van der Waals surface area contributed by atoms with Gasteiger partial charge in [0.05, 0.1) is 19.4 Å². The van der Waals surface area contributed by atoms with Crippen molar-refractivity contribution in [2.24, 2.45) is 5.10 Å². The van der Waals surface area contributed by atoms with Crippen molar-refractivity contribution in [1.82, 2.24) is 5.43 Å². The molecule has 31 heavy (non-hydrogen) atoms. The molecule has 0 aliphatic carbocycles. The number of amides is 1. The molecule has 0 radical (unpaired) electrons.